The largest absolute Gasteiger partial charge is 0.382 e. The maximum absolute atomic E-state index is 6.44. The van der Waals surface area contributed by atoms with E-state index in [0.29, 0.717) is 29.4 Å². The molecule has 0 saturated carbocycles. The number of rotatable bonds is 7. The zero-order valence-corrected chi connectivity index (χ0v) is 18.4. The number of imidazole rings is 1. The number of hydrogen-bond donors (Lipinski definition) is 2. The van der Waals surface area contributed by atoms with Crippen molar-refractivity contribution in [3.8, 4) is 0 Å². The number of ether oxygens (including phenoxy) is 3. The Morgan fingerprint density at radius 1 is 1.20 bits per heavy atom. The van der Waals surface area contributed by atoms with Gasteiger partial charge in [0.05, 0.1) is 6.33 Å². The van der Waals surface area contributed by atoms with Crippen LogP contribution < -0.4 is 11.5 Å². The van der Waals surface area contributed by atoms with Crippen LogP contribution in [0.15, 0.2) is 12.7 Å². The van der Waals surface area contributed by atoms with E-state index in [1.54, 1.807) is 6.33 Å². The fourth-order valence-electron chi connectivity index (χ4n) is 4.19. The van der Waals surface area contributed by atoms with E-state index in [0.717, 1.165) is 13.0 Å². The van der Waals surface area contributed by atoms with Crippen LogP contribution in [0.25, 0.3) is 11.2 Å². The van der Waals surface area contributed by atoms with Gasteiger partial charge in [-0.2, -0.15) is 0 Å². The molecule has 2 aliphatic rings. The van der Waals surface area contributed by atoms with Gasteiger partial charge < -0.3 is 30.6 Å². The summed E-state index contributed by atoms with van der Waals surface area (Å²) in [5, 5.41) is 0. The van der Waals surface area contributed by atoms with Gasteiger partial charge in [0.25, 0.3) is 0 Å². The standard InChI is InChI=1S/C20H33N7O3/c1-11(2)12(21)6-7-26(5)8-13-15-16(30-20(3,4)29-15)19(28-13)27-10-25-14-17(22)23-9-24-18(14)27/h9-13,15-16,19H,6-8,21H2,1-5H3,(H2,22,23,24)/t12-,13-,15-,16-,19?/m1/s1. The molecule has 0 spiro atoms. The summed E-state index contributed by atoms with van der Waals surface area (Å²) in [4.78, 5) is 15.0. The molecule has 0 amide bonds. The van der Waals surface area contributed by atoms with Crippen molar-refractivity contribution in [3.05, 3.63) is 12.7 Å². The normalized spacial score (nSPS) is 29.2. The van der Waals surface area contributed by atoms with Gasteiger partial charge in [0.2, 0.25) is 0 Å². The molecule has 10 nitrogen and oxygen atoms in total. The average Bonchev–Trinajstić information content (AvgIpc) is 3.32. The first-order chi connectivity index (χ1) is 14.2. The lowest BCUT2D eigenvalue weighted by Crippen LogP contribution is -2.40. The van der Waals surface area contributed by atoms with Gasteiger partial charge in [-0.05, 0) is 39.8 Å². The molecule has 4 rings (SSSR count). The molecule has 166 valence electrons. The number of hydrogen-bond acceptors (Lipinski definition) is 9. The summed E-state index contributed by atoms with van der Waals surface area (Å²) >= 11 is 0. The van der Waals surface area contributed by atoms with Crippen LogP contribution in [0, 0.1) is 5.92 Å². The molecule has 2 fully saturated rings. The third-order valence-electron chi connectivity index (χ3n) is 5.98. The van der Waals surface area contributed by atoms with Gasteiger partial charge in [-0.1, -0.05) is 13.8 Å². The summed E-state index contributed by atoms with van der Waals surface area (Å²) in [6.07, 6.45) is 3.02. The summed E-state index contributed by atoms with van der Waals surface area (Å²) in [6.45, 7) is 9.76. The van der Waals surface area contributed by atoms with Gasteiger partial charge in [-0.3, -0.25) is 4.57 Å². The van der Waals surface area contributed by atoms with Gasteiger partial charge in [0.1, 0.15) is 30.2 Å². The molecule has 30 heavy (non-hydrogen) atoms. The van der Waals surface area contributed by atoms with Crippen molar-refractivity contribution >= 4 is 17.0 Å². The highest BCUT2D eigenvalue weighted by molar-refractivity contribution is 5.81. The summed E-state index contributed by atoms with van der Waals surface area (Å²) in [5.74, 6) is 0.125. The highest BCUT2D eigenvalue weighted by atomic mass is 16.8. The Morgan fingerprint density at radius 2 is 1.93 bits per heavy atom. The lowest BCUT2D eigenvalue weighted by atomic mass is 10.0. The summed E-state index contributed by atoms with van der Waals surface area (Å²) < 4.78 is 20.7. The van der Waals surface area contributed by atoms with E-state index < -0.39 is 12.0 Å². The van der Waals surface area contributed by atoms with E-state index in [2.05, 4.69) is 40.7 Å². The fourth-order valence-corrected chi connectivity index (χ4v) is 4.19. The molecular weight excluding hydrogens is 386 g/mol. The molecular formula is C20H33N7O3. The Balaban J connectivity index is 1.53. The van der Waals surface area contributed by atoms with E-state index >= 15 is 0 Å². The van der Waals surface area contributed by atoms with Crippen molar-refractivity contribution in [2.24, 2.45) is 11.7 Å². The third kappa shape index (κ3) is 4.02. The monoisotopic (exact) mass is 419 g/mol. The van der Waals surface area contributed by atoms with Crippen LogP contribution in [-0.4, -0.2) is 74.7 Å². The van der Waals surface area contributed by atoms with Crippen LogP contribution >= 0.6 is 0 Å². The van der Waals surface area contributed by atoms with Crippen molar-refractivity contribution < 1.29 is 14.2 Å². The second-order valence-corrected chi connectivity index (χ2v) is 9.17. The third-order valence-corrected chi connectivity index (χ3v) is 5.98. The number of likely N-dealkylation sites (N-methyl/N-ethyl adjacent to an activating group) is 1. The quantitative estimate of drug-likeness (QED) is 0.679. The SMILES string of the molecule is CC(C)[C@H](N)CCN(C)C[C@H]1OC(n2cnc3c(N)ncnc32)[C@@H]2OC(C)(C)O[C@H]12. The molecule has 1 unspecified atom stereocenters. The number of anilines is 1. The molecule has 2 aromatic rings. The maximum atomic E-state index is 6.44. The number of nitrogens with zero attached hydrogens (tertiary/aromatic N) is 5. The van der Waals surface area contributed by atoms with Gasteiger partial charge in [-0.15, -0.1) is 0 Å². The Hall–Kier alpha value is -1.85. The molecule has 10 heteroatoms. The second kappa shape index (κ2) is 8.01. The summed E-state index contributed by atoms with van der Waals surface area (Å²) in [7, 11) is 2.08. The van der Waals surface area contributed by atoms with E-state index in [1.807, 2.05) is 18.4 Å². The Labute approximate surface area is 176 Å². The van der Waals surface area contributed by atoms with Gasteiger partial charge in [-0.25, -0.2) is 15.0 Å². The molecule has 4 N–H and O–H groups in total. The number of aromatic nitrogens is 4. The first-order valence-corrected chi connectivity index (χ1v) is 10.5. The second-order valence-electron chi connectivity index (χ2n) is 9.17. The van der Waals surface area contributed by atoms with E-state index in [9.17, 15) is 0 Å². The van der Waals surface area contributed by atoms with Crippen LogP contribution in [0.4, 0.5) is 5.82 Å². The van der Waals surface area contributed by atoms with Crippen LogP contribution in [0.1, 0.15) is 40.3 Å². The van der Waals surface area contributed by atoms with Crippen molar-refractivity contribution in [1.29, 1.82) is 0 Å². The summed E-state index contributed by atoms with van der Waals surface area (Å²) in [5.41, 5.74) is 13.3. The number of nitrogen functional groups attached to an aromatic ring is 1. The van der Waals surface area contributed by atoms with E-state index in [4.69, 9.17) is 25.7 Å². The van der Waals surface area contributed by atoms with Crippen LogP contribution in [0.3, 0.4) is 0 Å². The summed E-state index contributed by atoms with van der Waals surface area (Å²) in [6, 6.07) is 0.185. The van der Waals surface area contributed by atoms with Crippen molar-refractivity contribution in [2.45, 2.75) is 70.5 Å². The fraction of sp³-hybridized carbons (Fsp3) is 0.750. The molecule has 0 bridgehead atoms. The van der Waals surface area contributed by atoms with Gasteiger partial charge in [0, 0.05) is 12.6 Å². The molecule has 0 aromatic carbocycles. The van der Waals surface area contributed by atoms with Crippen LogP contribution in [-0.2, 0) is 14.2 Å². The van der Waals surface area contributed by atoms with Crippen LogP contribution in [0.2, 0.25) is 0 Å². The first-order valence-electron chi connectivity index (χ1n) is 10.5. The molecule has 0 aliphatic carbocycles. The minimum absolute atomic E-state index is 0.154. The molecule has 2 aliphatic heterocycles. The van der Waals surface area contributed by atoms with Crippen molar-refractivity contribution in [2.75, 3.05) is 25.9 Å². The van der Waals surface area contributed by atoms with Gasteiger partial charge >= 0.3 is 0 Å². The topological polar surface area (TPSA) is 127 Å². The minimum atomic E-state index is -0.682. The molecule has 4 heterocycles. The highest BCUT2D eigenvalue weighted by Gasteiger charge is 2.56. The maximum Gasteiger partial charge on any atom is 0.167 e. The Morgan fingerprint density at radius 3 is 2.67 bits per heavy atom. The Bertz CT molecular complexity index is 886. The Kier molecular flexibility index (Phi) is 5.71. The van der Waals surface area contributed by atoms with Crippen molar-refractivity contribution in [3.63, 3.8) is 0 Å². The minimum Gasteiger partial charge on any atom is -0.382 e. The van der Waals surface area contributed by atoms with Crippen LogP contribution in [0.5, 0.6) is 0 Å². The zero-order valence-electron chi connectivity index (χ0n) is 18.4. The van der Waals surface area contributed by atoms with Crippen molar-refractivity contribution in [1.82, 2.24) is 24.4 Å². The van der Waals surface area contributed by atoms with E-state index in [1.165, 1.54) is 6.33 Å². The predicted octanol–water partition coefficient (Wildman–Crippen LogP) is 1.13. The lowest BCUT2D eigenvalue weighted by Gasteiger charge is -2.28. The smallest absolute Gasteiger partial charge is 0.167 e. The molecule has 5 atom stereocenters. The molecule has 0 radical (unpaired) electrons. The van der Waals surface area contributed by atoms with Gasteiger partial charge in [0.15, 0.2) is 23.5 Å². The highest BCUT2D eigenvalue weighted by Crippen LogP contribution is 2.44. The van der Waals surface area contributed by atoms with E-state index in [-0.39, 0.29) is 24.4 Å². The molecule has 2 aromatic heterocycles. The number of nitrogens with two attached hydrogens (primary N) is 2. The first kappa shape index (κ1) is 21.4. The zero-order chi connectivity index (χ0) is 21.6. The average molecular weight is 420 g/mol. The number of fused-ring (bicyclic) bond motifs is 2. The lowest BCUT2D eigenvalue weighted by molar-refractivity contribution is -0.197. The predicted molar refractivity (Wildman–Crippen MR) is 112 cm³/mol. The molecule has 2 saturated heterocycles.